The fourth-order valence-corrected chi connectivity index (χ4v) is 4.08. The highest BCUT2D eigenvalue weighted by Crippen LogP contribution is 2.36. The molecular weight excluding hydrogens is 440 g/mol. The first kappa shape index (κ1) is 19.2. The van der Waals surface area contributed by atoms with E-state index in [1.807, 2.05) is 0 Å². The summed E-state index contributed by atoms with van der Waals surface area (Å²) in [6, 6.07) is 0. The van der Waals surface area contributed by atoms with Gasteiger partial charge in [0, 0.05) is 21.4 Å². The minimum atomic E-state index is -1.38. The summed E-state index contributed by atoms with van der Waals surface area (Å²) in [7, 11) is 0. The molecule has 0 aliphatic rings. The van der Waals surface area contributed by atoms with Crippen molar-refractivity contribution in [2.45, 2.75) is 12.2 Å². The van der Waals surface area contributed by atoms with Crippen LogP contribution in [0.1, 0.15) is 0 Å². The van der Waals surface area contributed by atoms with Crippen molar-refractivity contribution in [3.63, 3.8) is 0 Å². The molecular formula is C10H19Br3O5. The predicted molar refractivity (Wildman–Crippen MR) is 79.5 cm³/mol. The summed E-state index contributed by atoms with van der Waals surface area (Å²) in [6.45, 7) is -1.32. The number of aliphatic hydroxyl groups excluding tert-OH is 5. The monoisotopic (exact) mass is 456 g/mol. The van der Waals surface area contributed by atoms with Crippen LogP contribution in [-0.2, 0) is 0 Å². The van der Waals surface area contributed by atoms with Crippen LogP contribution in [0.25, 0.3) is 0 Å². The van der Waals surface area contributed by atoms with Crippen LogP contribution >= 0.6 is 47.8 Å². The molecule has 0 bridgehead atoms. The van der Waals surface area contributed by atoms with Gasteiger partial charge >= 0.3 is 0 Å². The summed E-state index contributed by atoms with van der Waals surface area (Å²) in [5, 5.41) is 49.2. The lowest BCUT2D eigenvalue weighted by atomic mass is 9.74. The lowest BCUT2D eigenvalue weighted by Crippen LogP contribution is -2.57. The molecule has 0 fully saturated rings. The first-order valence-electron chi connectivity index (χ1n) is 5.30. The normalized spacial score (nSPS) is 16.7. The molecule has 2 unspecified atom stereocenters. The second-order valence-electron chi connectivity index (χ2n) is 4.49. The van der Waals surface area contributed by atoms with E-state index in [9.17, 15) is 25.5 Å². The predicted octanol–water partition coefficient (Wildman–Crippen LogP) is -0.157. The Bertz CT molecular complexity index is 193. The summed E-state index contributed by atoms with van der Waals surface area (Å²) >= 11 is 9.51. The number of hydrogen-bond acceptors (Lipinski definition) is 5. The molecule has 0 aromatic rings. The molecule has 0 rings (SSSR count). The fraction of sp³-hybridized carbons (Fsp3) is 1.00. The SMILES string of the molecule is OCC(CO)(CBr)C(O)C(O)C(CO)(CBr)CBr. The molecule has 0 aromatic heterocycles. The molecule has 5 N–H and O–H groups in total. The number of halogens is 3. The number of alkyl halides is 3. The Balaban J connectivity index is 5.22. The Labute approximate surface area is 132 Å². The van der Waals surface area contributed by atoms with Crippen LogP contribution in [0, 0.1) is 10.8 Å². The van der Waals surface area contributed by atoms with Gasteiger partial charge in [0.15, 0.2) is 0 Å². The highest BCUT2D eigenvalue weighted by Gasteiger charge is 2.48. The summed E-state index contributed by atoms with van der Waals surface area (Å²) < 4.78 is 0. The molecule has 0 amide bonds. The Hall–Kier alpha value is 1.24. The van der Waals surface area contributed by atoms with E-state index < -0.39 is 36.3 Å². The van der Waals surface area contributed by atoms with Gasteiger partial charge in [0.25, 0.3) is 0 Å². The molecule has 0 aromatic carbocycles. The van der Waals surface area contributed by atoms with Gasteiger partial charge in [0.2, 0.25) is 0 Å². The molecule has 2 atom stereocenters. The maximum atomic E-state index is 10.2. The first-order chi connectivity index (χ1) is 8.43. The van der Waals surface area contributed by atoms with Crippen LogP contribution in [0.2, 0.25) is 0 Å². The van der Waals surface area contributed by atoms with E-state index in [0.29, 0.717) is 0 Å². The lowest BCUT2D eigenvalue weighted by molar-refractivity contribution is -0.136. The summed E-state index contributed by atoms with van der Waals surface area (Å²) in [6.07, 6.45) is -2.69. The van der Waals surface area contributed by atoms with Crippen LogP contribution in [-0.4, -0.2) is 73.6 Å². The quantitative estimate of drug-likeness (QED) is 0.309. The van der Waals surface area contributed by atoms with Crippen molar-refractivity contribution < 1.29 is 25.5 Å². The molecule has 0 heterocycles. The average molecular weight is 459 g/mol. The van der Waals surface area contributed by atoms with Crippen molar-refractivity contribution in [3.05, 3.63) is 0 Å². The minimum absolute atomic E-state index is 0.122. The first-order valence-corrected chi connectivity index (χ1v) is 8.66. The molecule has 0 spiro atoms. The van der Waals surface area contributed by atoms with E-state index in [4.69, 9.17) is 0 Å². The number of hydrogen-bond donors (Lipinski definition) is 5. The molecule has 0 saturated heterocycles. The van der Waals surface area contributed by atoms with Crippen LogP contribution in [0.4, 0.5) is 0 Å². The third-order valence-corrected chi connectivity index (χ3v) is 6.65. The van der Waals surface area contributed by atoms with E-state index >= 15 is 0 Å². The van der Waals surface area contributed by atoms with Gasteiger partial charge in [-0.3, -0.25) is 0 Å². The average Bonchev–Trinajstić information content (AvgIpc) is 2.43. The second kappa shape index (κ2) is 8.51. The topological polar surface area (TPSA) is 101 Å². The molecule has 0 saturated carbocycles. The third kappa shape index (κ3) is 3.66. The van der Waals surface area contributed by atoms with Crippen molar-refractivity contribution >= 4 is 47.8 Å². The Kier molecular flexibility index (Phi) is 9.10. The van der Waals surface area contributed by atoms with Crippen molar-refractivity contribution in [2.75, 3.05) is 35.8 Å². The van der Waals surface area contributed by atoms with Gasteiger partial charge in [-0.05, 0) is 0 Å². The smallest absolute Gasteiger partial charge is 0.0914 e. The van der Waals surface area contributed by atoms with Crippen molar-refractivity contribution in [2.24, 2.45) is 10.8 Å². The van der Waals surface area contributed by atoms with Crippen LogP contribution in [0.3, 0.4) is 0 Å². The molecule has 0 aliphatic carbocycles. The van der Waals surface area contributed by atoms with Crippen LogP contribution in [0.5, 0.6) is 0 Å². The molecule has 18 heavy (non-hydrogen) atoms. The summed E-state index contributed by atoms with van der Waals surface area (Å²) in [4.78, 5) is 0. The van der Waals surface area contributed by atoms with E-state index in [0.717, 1.165) is 0 Å². The third-order valence-electron chi connectivity index (χ3n) is 3.30. The highest BCUT2D eigenvalue weighted by atomic mass is 79.9. The van der Waals surface area contributed by atoms with Gasteiger partial charge in [-0.1, -0.05) is 47.8 Å². The molecule has 0 radical (unpaired) electrons. The molecule has 8 heteroatoms. The maximum Gasteiger partial charge on any atom is 0.0914 e. The van der Waals surface area contributed by atoms with Gasteiger partial charge in [-0.2, -0.15) is 0 Å². The number of rotatable bonds is 9. The second-order valence-corrected chi connectivity index (χ2v) is 6.17. The van der Waals surface area contributed by atoms with Crippen LogP contribution < -0.4 is 0 Å². The highest BCUT2D eigenvalue weighted by molar-refractivity contribution is 9.10. The van der Waals surface area contributed by atoms with Gasteiger partial charge in [0.05, 0.1) is 37.4 Å². The van der Waals surface area contributed by atoms with E-state index in [1.54, 1.807) is 0 Å². The lowest BCUT2D eigenvalue weighted by Gasteiger charge is -2.42. The van der Waals surface area contributed by atoms with Gasteiger partial charge in [-0.25, -0.2) is 0 Å². The van der Waals surface area contributed by atoms with Gasteiger partial charge < -0.3 is 25.5 Å². The Morgan fingerprint density at radius 1 is 0.667 bits per heavy atom. The van der Waals surface area contributed by atoms with Crippen molar-refractivity contribution in [3.8, 4) is 0 Å². The molecule has 5 nitrogen and oxygen atoms in total. The minimum Gasteiger partial charge on any atom is -0.396 e. The largest absolute Gasteiger partial charge is 0.396 e. The van der Waals surface area contributed by atoms with Crippen molar-refractivity contribution in [1.29, 1.82) is 0 Å². The maximum absolute atomic E-state index is 10.2. The standard InChI is InChI=1S/C10H19Br3O5/c11-1-9(2-12,4-14)7(17)8(18)10(3-13,5-15)6-16/h7-8,14-18H,1-6H2. The van der Waals surface area contributed by atoms with Crippen molar-refractivity contribution in [1.82, 2.24) is 0 Å². The zero-order valence-electron chi connectivity index (χ0n) is 9.77. The van der Waals surface area contributed by atoms with Gasteiger partial charge in [-0.15, -0.1) is 0 Å². The van der Waals surface area contributed by atoms with Crippen LogP contribution in [0.15, 0.2) is 0 Å². The van der Waals surface area contributed by atoms with E-state index in [-0.39, 0.29) is 22.6 Å². The van der Waals surface area contributed by atoms with Gasteiger partial charge in [0.1, 0.15) is 0 Å². The van der Waals surface area contributed by atoms with E-state index in [1.165, 1.54) is 0 Å². The zero-order valence-corrected chi connectivity index (χ0v) is 14.5. The zero-order chi connectivity index (χ0) is 14.4. The fourth-order valence-electron chi connectivity index (χ4n) is 1.44. The summed E-state index contributed by atoms with van der Waals surface area (Å²) in [5.41, 5.74) is -2.25. The van der Waals surface area contributed by atoms with E-state index in [2.05, 4.69) is 47.8 Å². The Morgan fingerprint density at radius 2 is 0.944 bits per heavy atom. The molecule has 0 aliphatic heterocycles. The summed E-state index contributed by atoms with van der Waals surface area (Å²) in [5.74, 6) is 0. The number of aliphatic hydroxyl groups is 5. The Morgan fingerprint density at radius 3 is 1.17 bits per heavy atom. The molecule has 110 valence electrons.